The Morgan fingerprint density at radius 2 is 1.81 bits per heavy atom. The fraction of sp³-hybridized carbons (Fsp3) is 0.429. The van der Waals surface area contributed by atoms with E-state index in [1.807, 2.05) is 12.1 Å². The highest BCUT2D eigenvalue weighted by molar-refractivity contribution is 7.98. The average molecular weight is 373 g/mol. The number of rotatable bonds is 6. The van der Waals surface area contributed by atoms with Gasteiger partial charge in [0.2, 0.25) is 0 Å². The molecule has 3 rings (SSSR count). The van der Waals surface area contributed by atoms with Gasteiger partial charge in [-0.3, -0.25) is 4.90 Å². The van der Waals surface area contributed by atoms with Gasteiger partial charge in [0.05, 0.1) is 20.3 Å². The predicted molar refractivity (Wildman–Crippen MR) is 109 cm³/mol. The molecule has 0 spiro atoms. The zero-order valence-corrected chi connectivity index (χ0v) is 16.6. The quantitative estimate of drug-likeness (QED) is 0.780. The van der Waals surface area contributed by atoms with E-state index in [2.05, 4.69) is 46.8 Å². The Bertz CT molecular complexity index is 698. The van der Waals surface area contributed by atoms with Gasteiger partial charge in [-0.15, -0.1) is 11.8 Å². The number of hydrogen-bond donors (Lipinski definition) is 1. The topological polar surface area (TPSA) is 33.7 Å². The van der Waals surface area contributed by atoms with Crippen molar-refractivity contribution < 1.29 is 9.47 Å². The molecule has 0 saturated carbocycles. The summed E-state index contributed by atoms with van der Waals surface area (Å²) in [6, 6.07) is 15.2. The van der Waals surface area contributed by atoms with Crippen molar-refractivity contribution in [3.63, 3.8) is 0 Å². The Hall–Kier alpha value is -1.69. The Balaban J connectivity index is 2.04. The van der Waals surface area contributed by atoms with Crippen LogP contribution in [0.15, 0.2) is 47.4 Å². The van der Waals surface area contributed by atoms with Gasteiger partial charge in [0.1, 0.15) is 11.5 Å². The van der Waals surface area contributed by atoms with Crippen LogP contribution in [0.3, 0.4) is 0 Å². The molecule has 1 fully saturated rings. The summed E-state index contributed by atoms with van der Waals surface area (Å²) in [6.07, 6.45) is 3.26. The van der Waals surface area contributed by atoms with E-state index >= 15 is 0 Å². The Morgan fingerprint density at radius 3 is 2.50 bits per heavy atom. The van der Waals surface area contributed by atoms with Gasteiger partial charge < -0.3 is 14.8 Å². The number of hydrogen-bond acceptors (Lipinski definition) is 5. The predicted octanol–water partition coefficient (Wildman–Crippen LogP) is 3.81. The van der Waals surface area contributed by atoms with Crippen LogP contribution >= 0.6 is 11.8 Å². The first-order valence-corrected chi connectivity index (χ1v) is 10.3. The molecule has 26 heavy (non-hydrogen) atoms. The van der Waals surface area contributed by atoms with Crippen molar-refractivity contribution >= 4 is 11.8 Å². The molecule has 1 heterocycles. The van der Waals surface area contributed by atoms with E-state index in [0.717, 1.165) is 44.1 Å². The third-order valence-electron chi connectivity index (χ3n) is 4.91. The third kappa shape index (κ3) is 4.34. The molecule has 1 atom stereocenters. The summed E-state index contributed by atoms with van der Waals surface area (Å²) in [6.45, 7) is 4.17. The first-order chi connectivity index (χ1) is 12.8. The van der Waals surface area contributed by atoms with Crippen LogP contribution < -0.4 is 14.8 Å². The largest absolute Gasteiger partial charge is 0.497 e. The molecule has 1 unspecified atom stereocenters. The van der Waals surface area contributed by atoms with Crippen LogP contribution in [0.1, 0.15) is 23.6 Å². The van der Waals surface area contributed by atoms with Crippen LogP contribution in [0.5, 0.6) is 11.5 Å². The molecule has 1 aliphatic heterocycles. The Kier molecular flexibility index (Phi) is 6.83. The van der Waals surface area contributed by atoms with Crippen LogP contribution in [0.25, 0.3) is 0 Å². The lowest BCUT2D eigenvalue weighted by atomic mass is 9.95. The highest BCUT2D eigenvalue weighted by atomic mass is 32.2. The second-order valence-corrected chi connectivity index (χ2v) is 7.30. The summed E-state index contributed by atoms with van der Waals surface area (Å²) in [4.78, 5) is 3.84. The van der Waals surface area contributed by atoms with E-state index in [0.29, 0.717) is 0 Å². The number of nitrogens with zero attached hydrogens (tertiary/aromatic N) is 1. The third-order valence-corrected chi connectivity index (χ3v) is 5.65. The zero-order chi connectivity index (χ0) is 18.4. The highest BCUT2D eigenvalue weighted by Crippen LogP contribution is 2.37. The smallest absolute Gasteiger partial charge is 0.127 e. The van der Waals surface area contributed by atoms with Gasteiger partial charge in [0, 0.05) is 36.2 Å². The minimum Gasteiger partial charge on any atom is -0.497 e. The molecule has 4 nitrogen and oxygen atoms in total. The molecule has 1 aliphatic rings. The van der Waals surface area contributed by atoms with Gasteiger partial charge in [0.15, 0.2) is 0 Å². The standard InChI is InChI=1S/C21H28N2O2S/c1-24-17-7-10-19(20(15-17)25-2)21(23-13-4-11-22-12-14-23)16-5-8-18(26-3)9-6-16/h5-10,15,21-22H,4,11-14H2,1-3H3. The molecule has 0 radical (unpaired) electrons. The lowest BCUT2D eigenvalue weighted by molar-refractivity contribution is 0.236. The number of nitrogens with one attached hydrogen (secondary N) is 1. The van der Waals surface area contributed by atoms with Crippen molar-refractivity contribution in [2.45, 2.75) is 17.4 Å². The highest BCUT2D eigenvalue weighted by Gasteiger charge is 2.26. The first-order valence-electron chi connectivity index (χ1n) is 9.07. The van der Waals surface area contributed by atoms with Crippen molar-refractivity contribution in [1.82, 2.24) is 10.2 Å². The second-order valence-electron chi connectivity index (χ2n) is 6.42. The Labute approximate surface area is 160 Å². The van der Waals surface area contributed by atoms with Gasteiger partial charge in [-0.05, 0) is 49.1 Å². The van der Waals surface area contributed by atoms with E-state index in [1.54, 1.807) is 26.0 Å². The number of thioether (sulfide) groups is 1. The van der Waals surface area contributed by atoms with Crippen LogP contribution in [0.4, 0.5) is 0 Å². The summed E-state index contributed by atoms with van der Waals surface area (Å²) in [7, 11) is 3.42. The minimum atomic E-state index is 0.173. The normalized spacial score (nSPS) is 16.7. The fourth-order valence-corrected chi connectivity index (χ4v) is 3.95. The van der Waals surface area contributed by atoms with Crippen LogP contribution in [-0.2, 0) is 0 Å². The lowest BCUT2D eigenvalue weighted by Gasteiger charge is -2.32. The first kappa shape index (κ1) is 19.1. The van der Waals surface area contributed by atoms with Gasteiger partial charge in [-0.1, -0.05) is 12.1 Å². The minimum absolute atomic E-state index is 0.173. The van der Waals surface area contributed by atoms with Crippen LogP contribution in [0, 0.1) is 0 Å². The maximum atomic E-state index is 5.73. The molecule has 1 N–H and O–H groups in total. The molecule has 140 valence electrons. The molecule has 5 heteroatoms. The Morgan fingerprint density at radius 1 is 1.00 bits per heavy atom. The second kappa shape index (κ2) is 9.31. The van der Waals surface area contributed by atoms with Gasteiger partial charge in [-0.25, -0.2) is 0 Å². The van der Waals surface area contributed by atoms with Gasteiger partial charge in [0.25, 0.3) is 0 Å². The summed E-state index contributed by atoms with van der Waals surface area (Å²) in [5.74, 6) is 1.69. The van der Waals surface area contributed by atoms with E-state index in [1.165, 1.54) is 16.0 Å². The number of methoxy groups -OCH3 is 2. The molecule has 2 aromatic carbocycles. The molecule has 0 aromatic heterocycles. The SMILES string of the molecule is COc1ccc(C(c2ccc(SC)cc2)N2CCCNCC2)c(OC)c1. The van der Waals surface area contributed by atoms with Gasteiger partial charge >= 0.3 is 0 Å². The van der Waals surface area contributed by atoms with Crippen molar-refractivity contribution in [3.8, 4) is 11.5 Å². The number of ether oxygens (including phenoxy) is 2. The average Bonchev–Trinajstić information content (AvgIpc) is 2.98. The molecule has 0 aliphatic carbocycles. The van der Waals surface area contributed by atoms with Crippen molar-refractivity contribution in [2.24, 2.45) is 0 Å². The summed E-state index contributed by atoms with van der Waals surface area (Å²) in [5, 5.41) is 3.50. The molecule has 2 aromatic rings. The molecular formula is C21H28N2O2S. The maximum absolute atomic E-state index is 5.73. The molecule has 1 saturated heterocycles. The molecular weight excluding hydrogens is 344 g/mol. The van der Waals surface area contributed by atoms with Crippen molar-refractivity contribution in [2.75, 3.05) is 46.7 Å². The van der Waals surface area contributed by atoms with E-state index in [9.17, 15) is 0 Å². The number of benzene rings is 2. The van der Waals surface area contributed by atoms with Crippen molar-refractivity contribution in [1.29, 1.82) is 0 Å². The summed E-state index contributed by atoms with van der Waals surface area (Å²) >= 11 is 1.77. The van der Waals surface area contributed by atoms with Gasteiger partial charge in [-0.2, -0.15) is 0 Å². The summed E-state index contributed by atoms with van der Waals surface area (Å²) in [5.41, 5.74) is 2.49. The lowest BCUT2D eigenvalue weighted by Crippen LogP contribution is -2.33. The monoisotopic (exact) mass is 372 g/mol. The fourth-order valence-electron chi connectivity index (χ4n) is 3.54. The van der Waals surface area contributed by atoms with E-state index < -0.39 is 0 Å². The van der Waals surface area contributed by atoms with Crippen LogP contribution in [-0.4, -0.2) is 51.6 Å². The maximum Gasteiger partial charge on any atom is 0.127 e. The van der Waals surface area contributed by atoms with Crippen LogP contribution in [0.2, 0.25) is 0 Å². The zero-order valence-electron chi connectivity index (χ0n) is 15.8. The summed E-state index contributed by atoms with van der Waals surface area (Å²) < 4.78 is 11.1. The van der Waals surface area contributed by atoms with E-state index in [-0.39, 0.29) is 6.04 Å². The van der Waals surface area contributed by atoms with E-state index in [4.69, 9.17) is 9.47 Å². The molecule has 0 bridgehead atoms. The van der Waals surface area contributed by atoms with Crippen molar-refractivity contribution in [3.05, 3.63) is 53.6 Å². The molecule has 0 amide bonds.